The molecule has 0 fully saturated rings. The van der Waals surface area contributed by atoms with E-state index in [0.717, 1.165) is 0 Å². The maximum absolute atomic E-state index is 9.07. The molecule has 0 aromatic heterocycles. The molecule has 22 heavy (non-hydrogen) atoms. The Balaban J connectivity index is -0.0000000679. The van der Waals surface area contributed by atoms with Crippen molar-refractivity contribution in [1.29, 1.82) is 0 Å². The van der Waals surface area contributed by atoms with Crippen molar-refractivity contribution in [2.45, 2.75) is 47.3 Å². The van der Waals surface area contributed by atoms with Crippen molar-refractivity contribution < 1.29 is 25.6 Å². The topological polar surface area (TPSA) is 26.3 Å². The van der Waals surface area contributed by atoms with E-state index in [1.165, 1.54) is 16.7 Å². The summed E-state index contributed by atoms with van der Waals surface area (Å²) in [5.41, 5.74) is 4.25. The summed E-state index contributed by atoms with van der Waals surface area (Å²) in [4.78, 5) is 0. The SMILES string of the molecule is CC1=[C-]C(C)C(C)=C1C.Cl.Cl.[CH2-]CO[Si](C)(C)C.[CH3-].[O]=[Ti]=[SiH2]. The minimum atomic E-state index is -1.22. The second-order valence-electron chi connectivity index (χ2n) is 5.40. The molecule has 1 atom stereocenters. The predicted molar refractivity (Wildman–Crippen MR) is 105 cm³/mol. The first-order valence-corrected chi connectivity index (χ1v) is 14.5. The van der Waals surface area contributed by atoms with Crippen LogP contribution in [0.15, 0.2) is 16.7 Å². The van der Waals surface area contributed by atoms with Gasteiger partial charge in [-0.1, -0.05) is 33.3 Å². The van der Waals surface area contributed by atoms with E-state index in [-0.39, 0.29) is 32.2 Å². The predicted octanol–water partition coefficient (Wildman–Crippen LogP) is 4.65. The quantitative estimate of drug-likeness (QED) is 0.480. The third-order valence-electron chi connectivity index (χ3n) is 2.77. The Morgan fingerprint density at radius 2 is 1.64 bits per heavy atom. The Labute approximate surface area is 162 Å². The molecule has 0 amide bonds. The molecule has 2 nitrogen and oxygen atoms in total. The van der Waals surface area contributed by atoms with E-state index in [1.54, 1.807) is 7.63 Å². The first kappa shape index (κ1) is 34.3. The van der Waals surface area contributed by atoms with Crippen LogP contribution < -0.4 is 0 Å². The van der Waals surface area contributed by atoms with Crippen LogP contribution in [0.1, 0.15) is 27.7 Å². The van der Waals surface area contributed by atoms with Crippen molar-refractivity contribution in [2.75, 3.05) is 6.61 Å². The summed E-state index contributed by atoms with van der Waals surface area (Å²) < 4.78 is 14.3. The first-order valence-electron chi connectivity index (χ1n) is 6.46. The average Bonchev–Trinajstić information content (AvgIpc) is 2.46. The van der Waals surface area contributed by atoms with Crippen molar-refractivity contribution >= 4 is 40.8 Å². The van der Waals surface area contributed by atoms with Gasteiger partial charge in [-0.05, 0) is 19.6 Å². The monoisotopic (exact) mass is 419 g/mol. The van der Waals surface area contributed by atoms with Gasteiger partial charge in [0.1, 0.15) is 0 Å². The van der Waals surface area contributed by atoms with E-state index < -0.39 is 26.2 Å². The Morgan fingerprint density at radius 1 is 1.27 bits per heavy atom. The molecule has 7 heteroatoms. The van der Waals surface area contributed by atoms with E-state index in [0.29, 0.717) is 12.5 Å². The van der Waals surface area contributed by atoms with Crippen molar-refractivity contribution in [3.63, 3.8) is 0 Å². The second kappa shape index (κ2) is 18.3. The van der Waals surface area contributed by atoms with E-state index in [1.807, 2.05) is 0 Å². The van der Waals surface area contributed by atoms with Gasteiger partial charge in [0.25, 0.3) is 0 Å². The molecule has 1 unspecified atom stereocenters. The van der Waals surface area contributed by atoms with E-state index in [9.17, 15) is 0 Å². The molecule has 1 aliphatic rings. The van der Waals surface area contributed by atoms with Crippen molar-refractivity contribution in [3.05, 3.63) is 37.1 Å². The first-order chi connectivity index (χ1) is 8.60. The third kappa shape index (κ3) is 19.0. The number of halogens is 2. The molecule has 0 aromatic carbocycles. The fourth-order valence-corrected chi connectivity index (χ4v) is 2.08. The minimum absolute atomic E-state index is 0. The summed E-state index contributed by atoms with van der Waals surface area (Å²) in [6.45, 7) is 19.3. The summed E-state index contributed by atoms with van der Waals surface area (Å²) in [6.07, 6.45) is 3.36. The zero-order valence-corrected chi connectivity index (χ0v) is 20.9. The van der Waals surface area contributed by atoms with Crippen LogP contribution in [-0.2, 0) is 25.6 Å². The van der Waals surface area contributed by atoms with Gasteiger partial charge < -0.3 is 18.8 Å². The van der Waals surface area contributed by atoms with Crippen molar-refractivity contribution in [1.82, 2.24) is 0 Å². The molecule has 0 aromatic rings. The molecule has 0 bridgehead atoms. The third-order valence-corrected chi connectivity index (χ3v) is 3.84. The number of rotatable bonds is 2. The van der Waals surface area contributed by atoms with Gasteiger partial charge in [0, 0.05) is 0 Å². The maximum atomic E-state index is 9.07. The molecule has 0 N–H and O–H groups in total. The van der Waals surface area contributed by atoms with Gasteiger partial charge in [0.05, 0.1) is 0 Å². The molecule has 1 rings (SSSR count). The molecular weight excluding hydrogens is 387 g/mol. The van der Waals surface area contributed by atoms with Crippen LogP contribution in [0.5, 0.6) is 0 Å². The van der Waals surface area contributed by atoms with Crippen molar-refractivity contribution in [2.24, 2.45) is 5.92 Å². The van der Waals surface area contributed by atoms with Gasteiger partial charge in [0.2, 0.25) is 0 Å². The van der Waals surface area contributed by atoms with Gasteiger partial charge in [-0.15, -0.1) is 31.7 Å². The van der Waals surface area contributed by atoms with Crippen LogP contribution in [0, 0.1) is 26.3 Å². The fraction of sp³-hybridized carbons (Fsp3) is 0.600. The number of allylic oxidation sites excluding steroid dienone is 4. The summed E-state index contributed by atoms with van der Waals surface area (Å²) in [6, 6.07) is 0. The van der Waals surface area contributed by atoms with Gasteiger partial charge in [-0.3, -0.25) is 6.08 Å². The van der Waals surface area contributed by atoms with E-state index in [2.05, 4.69) is 60.3 Å². The molecule has 0 saturated heterocycles. The normalized spacial score (nSPS) is 15.3. The number of hydrogen-bond acceptors (Lipinski definition) is 2. The summed E-state index contributed by atoms with van der Waals surface area (Å²) in [7, 11) is 0.323. The standard InChI is InChI=1S/C9H13.C5H13OSi.CH3.2ClH.O.H2Si.Ti/c1-6-5-7(2)9(4)8(6)3;1-5-6-7(2,3)4;;;;;;/h6H,1-4H3;1,5H2,2-4H3;1H3;2*1H;;1H2;/q3*-1;;;;;. The summed E-state index contributed by atoms with van der Waals surface area (Å²) in [5, 5.41) is 0. The van der Waals surface area contributed by atoms with Crippen molar-refractivity contribution in [3.8, 4) is 0 Å². The van der Waals surface area contributed by atoms with Crippen LogP contribution in [0.3, 0.4) is 0 Å². The molecule has 134 valence electrons. The Morgan fingerprint density at radius 3 is 1.68 bits per heavy atom. The van der Waals surface area contributed by atoms with Crippen LogP contribution in [0.2, 0.25) is 19.6 Å². The molecular formula is C15H33Cl2O2Si2Ti-3. The van der Waals surface area contributed by atoms with Gasteiger partial charge in [-0.2, -0.15) is 11.1 Å². The molecule has 0 heterocycles. The molecule has 0 spiro atoms. The fourth-order valence-electron chi connectivity index (χ4n) is 1.47. The Kier molecular flexibility index (Phi) is 28.6. The van der Waals surface area contributed by atoms with Crippen LogP contribution >= 0.6 is 24.8 Å². The van der Waals surface area contributed by atoms with Gasteiger partial charge >= 0.3 is 28.8 Å². The van der Waals surface area contributed by atoms with Gasteiger partial charge in [0.15, 0.2) is 8.32 Å². The number of hydrogen-bond donors (Lipinski definition) is 0. The van der Waals surface area contributed by atoms with E-state index in [4.69, 9.17) is 7.75 Å². The van der Waals surface area contributed by atoms with E-state index >= 15 is 0 Å². The average molecular weight is 420 g/mol. The van der Waals surface area contributed by atoms with Gasteiger partial charge in [-0.25, -0.2) is 5.57 Å². The zero-order valence-electron chi connectivity index (χ0n) is 15.3. The molecule has 0 aliphatic heterocycles. The Bertz CT molecular complexity index is 372. The van der Waals surface area contributed by atoms with Crippen LogP contribution in [0.4, 0.5) is 0 Å². The Hall–Kier alpha value is 0.968. The second-order valence-corrected chi connectivity index (χ2v) is 11.6. The molecule has 0 radical (unpaired) electrons. The molecule has 1 aliphatic carbocycles. The van der Waals surface area contributed by atoms with Crippen LogP contribution in [0.25, 0.3) is 0 Å². The summed E-state index contributed by atoms with van der Waals surface area (Å²) in [5.74, 6) is 0.560. The van der Waals surface area contributed by atoms with Crippen LogP contribution in [-0.4, -0.2) is 22.6 Å². The zero-order chi connectivity index (χ0) is 15.6. The molecule has 0 saturated carbocycles. The summed E-state index contributed by atoms with van der Waals surface area (Å²) >= 11 is -0.722.